The predicted octanol–water partition coefficient (Wildman–Crippen LogP) is 0.976. The second kappa shape index (κ2) is 4.99. The molecule has 1 aromatic carbocycles. The maximum absolute atomic E-state index is 11.5. The van der Waals surface area contributed by atoms with Crippen LogP contribution in [0.2, 0.25) is 0 Å². The van der Waals surface area contributed by atoms with Crippen LogP contribution in [0.4, 0.5) is 4.79 Å². The van der Waals surface area contributed by atoms with Gasteiger partial charge in [0.15, 0.2) is 0 Å². The number of hydrogen-bond donors (Lipinski definition) is 3. The van der Waals surface area contributed by atoms with Gasteiger partial charge in [-0.25, -0.2) is 4.79 Å². The van der Waals surface area contributed by atoms with E-state index in [2.05, 4.69) is 10.6 Å². The first kappa shape index (κ1) is 11.0. The highest BCUT2D eigenvalue weighted by Gasteiger charge is 2.26. The average molecular weight is 219 g/mol. The maximum atomic E-state index is 11.5. The molecule has 4 N–H and O–H groups in total. The molecule has 0 unspecified atom stereocenters. The molecule has 2 rings (SSSR count). The van der Waals surface area contributed by atoms with E-state index in [9.17, 15) is 4.79 Å². The molecule has 2 amide bonds. The van der Waals surface area contributed by atoms with Crippen LogP contribution in [-0.4, -0.2) is 18.1 Å². The van der Waals surface area contributed by atoms with E-state index >= 15 is 0 Å². The van der Waals surface area contributed by atoms with Crippen LogP contribution in [0.25, 0.3) is 0 Å². The Hall–Kier alpha value is -1.55. The van der Waals surface area contributed by atoms with E-state index in [1.807, 2.05) is 30.3 Å². The van der Waals surface area contributed by atoms with Crippen molar-refractivity contribution in [2.75, 3.05) is 0 Å². The lowest BCUT2D eigenvalue weighted by Crippen LogP contribution is -2.52. The Bertz CT molecular complexity index is 347. The molecule has 0 aromatic heterocycles. The Morgan fingerprint density at radius 3 is 2.62 bits per heavy atom. The largest absolute Gasteiger partial charge is 0.335 e. The molecule has 0 atom stereocenters. The van der Waals surface area contributed by atoms with Gasteiger partial charge >= 0.3 is 6.03 Å². The first-order valence-corrected chi connectivity index (χ1v) is 5.58. The smallest absolute Gasteiger partial charge is 0.315 e. The summed E-state index contributed by atoms with van der Waals surface area (Å²) in [4.78, 5) is 11.5. The van der Waals surface area contributed by atoms with Crippen LogP contribution in [0.15, 0.2) is 30.3 Å². The van der Waals surface area contributed by atoms with Crippen molar-refractivity contribution in [1.29, 1.82) is 0 Å². The monoisotopic (exact) mass is 219 g/mol. The molecule has 1 aromatic rings. The molecule has 0 aliphatic heterocycles. The minimum Gasteiger partial charge on any atom is -0.335 e. The minimum atomic E-state index is -0.110. The molecule has 1 fully saturated rings. The van der Waals surface area contributed by atoms with E-state index in [-0.39, 0.29) is 18.1 Å². The fourth-order valence-corrected chi connectivity index (χ4v) is 1.79. The Balaban J connectivity index is 1.68. The Morgan fingerprint density at radius 1 is 1.31 bits per heavy atom. The number of amides is 2. The van der Waals surface area contributed by atoms with Crippen molar-refractivity contribution < 1.29 is 4.79 Å². The van der Waals surface area contributed by atoms with Crippen LogP contribution < -0.4 is 16.4 Å². The zero-order valence-corrected chi connectivity index (χ0v) is 9.15. The quantitative estimate of drug-likeness (QED) is 0.709. The summed E-state index contributed by atoms with van der Waals surface area (Å²) in [5.41, 5.74) is 6.74. The van der Waals surface area contributed by atoms with Crippen LogP contribution >= 0.6 is 0 Å². The van der Waals surface area contributed by atoms with Crippen molar-refractivity contribution in [1.82, 2.24) is 10.6 Å². The first-order valence-electron chi connectivity index (χ1n) is 5.58. The van der Waals surface area contributed by atoms with Crippen LogP contribution in [0.1, 0.15) is 18.4 Å². The average Bonchev–Trinajstić information content (AvgIpc) is 2.26. The summed E-state index contributed by atoms with van der Waals surface area (Å²) in [7, 11) is 0. The van der Waals surface area contributed by atoms with Crippen molar-refractivity contribution in [2.24, 2.45) is 5.73 Å². The number of carbonyl (C=O) groups excluding carboxylic acids is 1. The standard InChI is InChI=1S/C12H17N3O/c13-10-6-11(7-10)15-12(16)14-8-9-4-2-1-3-5-9/h1-5,10-11H,6-8,13H2,(H2,14,15,16). The molecule has 0 heterocycles. The normalized spacial score (nSPS) is 23.3. The van der Waals surface area contributed by atoms with E-state index in [1.54, 1.807) is 0 Å². The van der Waals surface area contributed by atoms with Gasteiger partial charge in [-0.05, 0) is 18.4 Å². The summed E-state index contributed by atoms with van der Waals surface area (Å²) < 4.78 is 0. The molecule has 4 heteroatoms. The van der Waals surface area contributed by atoms with Gasteiger partial charge in [0.05, 0.1) is 0 Å². The molecule has 0 bridgehead atoms. The number of urea groups is 1. The maximum Gasteiger partial charge on any atom is 0.315 e. The fourth-order valence-electron chi connectivity index (χ4n) is 1.79. The number of rotatable bonds is 3. The third-order valence-electron chi connectivity index (χ3n) is 2.81. The number of nitrogens with one attached hydrogen (secondary N) is 2. The molecule has 1 saturated carbocycles. The van der Waals surface area contributed by atoms with Crippen LogP contribution in [0, 0.1) is 0 Å². The molecule has 0 radical (unpaired) electrons. The van der Waals surface area contributed by atoms with Crippen molar-refractivity contribution in [3.63, 3.8) is 0 Å². The Kier molecular flexibility index (Phi) is 3.41. The van der Waals surface area contributed by atoms with Gasteiger partial charge < -0.3 is 16.4 Å². The summed E-state index contributed by atoms with van der Waals surface area (Å²) in [6, 6.07) is 10.3. The van der Waals surface area contributed by atoms with Crippen molar-refractivity contribution in [3.8, 4) is 0 Å². The van der Waals surface area contributed by atoms with E-state index in [1.165, 1.54) is 0 Å². The summed E-state index contributed by atoms with van der Waals surface area (Å²) in [5, 5.41) is 5.71. The topological polar surface area (TPSA) is 67.1 Å². The Labute approximate surface area is 95.2 Å². The SMILES string of the molecule is NC1CC(NC(=O)NCc2ccccc2)C1. The van der Waals surface area contributed by atoms with Crippen LogP contribution in [0.5, 0.6) is 0 Å². The van der Waals surface area contributed by atoms with Crippen molar-refractivity contribution in [3.05, 3.63) is 35.9 Å². The second-order valence-corrected chi connectivity index (χ2v) is 4.24. The summed E-state index contributed by atoms with van der Waals surface area (Å²) >= 11 is 0. The highest BCUT2D eigenvalue weighted by molar-refractivity contribution is 5.74. The van der Waals surface area contributed by atoms with Gasteiger partial charge in [0, 0.05) is 18.6 Å². The molecular formula is C12H17N3O. The van der Waals surface area contributed by atoms with Crippen molar-refractivity contribution in [2.45, 2.75) is 31.5 Å². The molecule has 0 saturated heterocycles. The van der Waals surface area contributed by atoms with Crippen molar-refractivity contribution >= 4 is 6.03 Å². The molecule has 1 aliphatic rings. The van der Waals surface area contributed by atoms with Gasteiger partial charge in [0.2, 0.25) is 0 Å². The molecule has 4 nitrogen and oxygen atoms in total. The second-order valence-electron chi connectivity index (χ2n) is 4.24. The van der Waals surface area contributed by atoms with Gasteiger partial charge in [0.1, 0.15) is 0 Å². The van der Waals surface area contributed by atoms with E-state index in [0.29, 0.717) is 6.54 Å². The lowest BCUT2D eigenvalue weighted by molar-refractivity contribution is 0.222. The third-order valence-corrected chi connectivity index (χ3v) is 2.81. The third kappa shape index (κ3) is 2.97. The van der Waals surface area contributed by atoms with E-state index in [0.717, 1.165) is 18.4 Å². The predicted molar refractivity (Wildman–Crippen MR) is 62.8 cm³/mol. The minimum absolute atomic E-state index is 0.110. The molecule has 86 valence electrons. The van der Waals surface area contributed by atoms with E-state index in [4.69, 9.17) is 5.73 Å². The lowest BCUT2D eigenvalue weighted by atomic mass is 9.88. The lowest BCUT2D eigenvalue weighted by Gasteiger charge is -2.32. The molecule has 16 heavy (non-hydrogen) atoms. The highest BCUT2D eigenvalue weighted by Crippen LogP contribution is 2.16. The number of carbonyl (C=O) groups is 1. The van der Waals surface area contributed by atoms with Gasteiger partial charge in [-0.3, -0.25) is 0 Å². The number of benzene rings is 1. The van der Waals surface area contributed by atoms with Gasteiger partial charge in [-0.1, -0.05) is 30.3 Å². The van der Waals surface area contributed by atoms with E-state index < -0.39 is 0 Å². The molecular weight excluding hydrogens is 202 g/mol. The summed E-state index contributed by atoms with van der Waals surface area (Å²) in [6.45, 7) is 0.561. The zero-order valence-electron chi connectivity index (χ0n) is 9.15. The fraction of sp³-hybridized carbons (Fsp3) is 0.417. The van der Waals surface area contributed by atoms with Gasteiger partial charge in [-0.15, -0.1) is 0 Å². The Morgan fingerprint density at radius 2 is 2.00 bits per heavy atom. The zero-order chi connectivity index (χ0) is 11.4. The van der Waals surface area contributed by atoms with Crippen LogP contribution in [-0.2, 0) is 6.54 Å². The number of hydrogen-bond acceptors (Lipinski definition) is 2. The van der Waals surface area contributed by atoms with Gasteiger partial charge in [-0.2, -0.15) is 0 Å². The summed E-state index contributed by atoms with van der Waals surface area (Å²) in [5.74, 6) is 0. The summed E-state index contributed by atoms with van der Waals surface area (Å²) in [6.07, 6.45) is 1.78. The number of nitrogens with two attached hydrogens (primary N) is 1. The molecule has 0 spiro atoms. The molecule has 1 aliphatic carbocycles. The first-order chi connectivity index (χ1) is 7.74. The highest BCUT2D eigenvalue weighted by atomic mass is 16.2. The van der Waals surface area contributed by atoms with Gasteiger partial charge in [0.25, 0.3) is 0 Å². The van der Waals surface area contributed by atoms with Crippen LogP contribution in [0.3, 0.4) is 0 Å².